The number of aromatic nitrogens is 2. The Kier molecular flexibility index (Phi) is 8.18. The highest BCUT2D eigenvalue weighted by Gasteiger charge is 2.25. The van der Waals surface area contributed by atoms with E-state index in [1.807, 2.05) is 37.7 Å². The largest absolute Gasteiger partial charge is 0.399 e. The van der Waals surface area contributed by atoms with E-state index in [4.69, 9.17) is 5.73 Å². The number of benzene rings is 1. The van der Waals surface area contributed by atoms with Gasteiger partial charge in [0.15, 0.2) is 0 Å². The molecule has 2 atom stereocenters. The van der Waals surface area contributed by atoms with Crippen molar-refractivity contribution in [3.05, 3.63) is 46.3 Å². The quantitative estimate of drug-likeness (QED) is 0.749. The van der Waals surface area contributed by atoms with Crippen molar-refractivity contribution in [1.29, 1.82) is 0 Å². The zero-order chi connectivity index (χ0) is 18.1. The number of rotatable bonds is 4. The van der Waals surface area contributed by atoms with Crippen LogP contribution in [0.2, 0.25) is 0 Å². The molecular formula is C20H30Cl2N4O. The number of amides is 1. The molecule has 2 aromatic rings. The second kappa shape index (κ2) is 9.47. The number of nitrogens with one attached hydrogen (secondary N) is 1. The SMILES string of the molecule is Cc1nn(C)c(C)c1CC(C)C(=O)NC1CCCc2cc(N)ccc21.Cl.Cl. The number of nitrogens with two attached hydrogens (primary N) is 1. The highest BCUT2D eigenvalue weighted by Crippen LogP contribution is 2.31. The van der Waals surface area contributed by atoms with Crippen LogP contribution in [0.1, 0.15) is 53.9 Å². The highest BCUT2D eigenvalue weighted by molar-refractivity contribution is 5.85. The minimum Gasteiger partial charge on any atom is -0.399 e. The monoisotopic (exact) mass is 412 g/mol. The molecule has 1 aliphatic rings. The van der Waals surface area contributed by atoms with Gasteiger partial charge in [0.1, 0.15) is 0 Å². The van der Waals surface area contributed by atoms with E-state index in [0.717, 1.165) is 42.8 Å². The maximum atomic E-state index is 12.8. The average molecular weight is 413 g/mol. The third-order valence-corrected chi connectivity index (χ3v) is 5.41. The fourth-order valence-electron chi connectivity index (χ4n) is 3.81. The minimum absolute atomic E-state index is 0. The lowest BCUT2D eigenvalue weighted by molar-refractivity contribution is -0.125. The first-order chi connectivity index (χ1) is 11.9. The zero-order valence-electron chi connectivity index (χ0n) is 16.4. The first-order valence-electron chi connectivity index (χ1n) is 9.04. The van der Waals surface area contributed by atoms with Crippen LogP contribution in [0, 0.1) is 19.8 Å². The number of nitrogens with zero attached hydrogens (tertiary/aromatic N) is 2. The number of anilines is 1. The number of carbonyl (C=O) groups is 1. The number of aryl methyl sites for hydroxylation is 3. The summed E-state index contributed by atoms with van der Waals surface area (Å²) in [5.74, 6) is 0.0260. The van der Waals surface area contributed by atoms with Crippen LogP contribution in [-0.4, -0.2) is 15.7 Å². The van der Waals surface area contributed by atoms with E-state index >= 15 is 0 Å². The second-order valence-corrected chi connectivity index (χ2v) is 7.29. The van der Waals surface area contributed by atoms with Gasteiger partial charge in [0.05, 0.1) is 11.7 Å². The highest BCUT2D eigenvalue weighted by atomic mass is 35.5. The van der Waals surface area contributed by atoms with Gasteiger partial charge >= 0.3 is 0 Å². The lowest BCUT2D eigenvalue weighted by atomic mass is 9.87. The third kappa shape index (κ3) is 4.96. The van der Waals surface area contributed by atoms with Crippen molar-refractivity contribution in [2.45, 2.75) is 52.5 Å². The van der Waals surface area contributed by atoms with Gasteiger partial charge in [-0.05, 0) is 68.4 Å². The van der Waals surface area contributed by atoms with Crippen molar-refractivity contribution in [3.8, 4) is 0 Å². The molecule has 1 amide bonds. The van der Waals surface area contributed by atoms with Crippen LogP contribution in [0.3, 0.4) is 0 Å². The maximum Gasteiger partial charge on any atom is 0.223 e. The lowest BCUT2D eigenvalue weighted by Crippen LogP contribution is -2.35. The lowest BCUT2D eigenvalue weighted by Gasteiger charge is -2.28. The Morgan fingerprint density at radius 1 is 1.37 bits per heavy atom. The minimum atomic E-state index is -0.0826. The number of hydrogen-bond acceptors (Lipinski definition) is 3. The Morgan fingerprint density at radius 2 is 2.07 bits per heavy atom. The standard InChI is InChI=1S/C20H28N4O.2ClH/c1-12(10-18-13(2)23-24(4)14(18)3)20(25)22-19-7-5-6-15-11-16(21)8-9-17(15)19;;/h8-9,11-12,19H,5-7,10,21H2,1-4H3,(H,22,25);2*1H. The van der Waals surface area contributed by atoms with Gasteiger partial charge in [0.25, 0.3) is 0 Å². The molecule has 0 bridgehead atoms. The van der Waals surface area contributed by atoms with E-state index in [9.17, 15) is 4.79 Å². The molecule has 1 aromatic heterocycles. The predicted molar refractivity (Wildman–Crippen MR) is 115 cm³/mol. The van der Waals surface area contributed by atoms with Crippen molar-refractivity contribution < 1.29 is 4.79 Å². The molecule has 3 N–H and O–H groups in total. The molecule has 1 aromatic carbocycles. The van der Waals surface area contributed by atoms with Gasteiger partial charge in [0.2, 0.25) is 5.91 Å². The van der Waals surface area contributed by atoms with Crippen LogP contribution in [0.15, 0.2) is 18.2 Å². The molecule has 5 nitrogen and oxygen atoms in total. The summed E-state index contributed by atoms with van der Waals surface area (Å²) in [7, 11) is 1.95. The number of fused-ring (bicyclic) bond motifs is 1. The molecule has 27 heavy (non-hydrogen) atoms. The Labute approximate surface area is 173 Å². The molecule has 0 aliphatic heterocycles. The van der Waals surface area contributed by atoms with Gasteiger partial charge in [-0.15, -0.1) is 24.8 Å². The fourth-order valence-corrected chi connectivity index (χ4v) is 3.81. The summed E-state index contributed by atoms with van der Waals surface area (Å²) in [6, 6.07) is 6.12. The van der Waals surface area contributed by atoms with Crippen LogP contribution >= 0.6 is 24.8 Å². The Hall–Kier alpha value is -1.72. The summed E-state index contributed by atoms with van der Waals surface area (Å²) < 4.78 is 1.89. The van der Waals surface area contributed by atoms with Crippen LogP contribution in [0.25, 0.3) is 0 Å². The third-order valence-electron chi connectivity index (χ3n) is 5.41. The molecule has 3 rings (SSSR count). The van der Waals surface area contributed by atoms with Gasteiger partial charge < -0.3 is 11.1 Å². The Bertz CT molecular complexity index is 804. The van der Waals surface area contributed by atoms with Crippen molar-refractivity contribution in [2.75, 3.05) is 5.73 Å². The van der Waals surface area contributed by atoms with E-state index in [2.05, 4.69) is 23.4 Å². The maximum absolute atomic E-state index is 12.8. The molecule has 0 saturated heterocycles. The molecule has 7 heteroatoms. The summed E-state index contributed by atoms with van der Waals surface area (Å²) in [6.45, 7) is 6.06. The number of nitrogen functional groups attached to an aromatic ring is 1. The smallest absolute Gasteiger partial charge is 0.223 e. The average Bonchev–Trinajstić information content (AvgIpc) is 2.81. The number of halogens is 2. The molecule has 2 unspecified atom stereocenters. The first kappa shape index (κ1) is 23.3. The van der Waals surface area contributed by atoms with E-state index in [1.54, 1.807) is 0 Å². The second-order valence-electron chi connectivity index (χ2n) is 7.29. The molecule has 1 aliphatic carbocycles. The normalized spacial score (nSPS) is 16.5. The van der Waals surface area contributed by atoms with Crippen LogP contribution < -0.4 is 11.1 Å². The van der Waals surface area contributed by atoms with Gasteiger partial charge in [-0.3, -0.25) is 9.48 Å². The molecule has 0 radical (unpaired) electrons. The van der Waals surface area contributed by atoms with E-state index in [-0.39, 0.29) is 42.7 Å². The number of hydrogen-bond donors (Lipinski definition) is 2. The molecular weight excluding hydrogens is 383 g/mol. The molecule has 0 saturated carbocycles. The van der Waals surface area contributed by atoms with Gasteiger partial charge in [-0.2, -0.15) is 5.10 Å². The van der Waals surface area contributed by atoms with E-state index < -0.39 is 0 Å². The fraction of sp³-hybridized carbons (Fsp3) is 0.500. The number of carbonyl (C=O) groups excluding carboxylic acids is 1. The molecule has 150 valence electrons. The van der Waals surface area contributed by atoms with Crippen molar-refractivity contribution in [2.24, 2.45) is 13.0 Å². The van der Waals surface area contributed by atoms with E-state index in [1.165, 1.54) is 16.7 Å². The van der Waals surface area contributed by atoms with Crippen LogP contribution in [-0.2, 0) is 24.7 Å². The zero-order valence-corrected chi connectivity index (χ0v) is 18.0. The first-order valence-corrected chi connectivity index (χ1v) is 9.04. The summed E-state index contributed by atoms with van der Waals surface area (Å²) >= 11 is 0. The molecule has 1 heterocycles. The Balaban J connectivity index is 0.00000182. The van der Waals surface area contributed by atoms with Crippen LogP contribution in [0.4, 0.5) is 5.69 Å². The Morgan fingerprint density at radius 3 is 2.70 bits per heavy atom. The van der Waals surface area contributed by atoms with Gasteiger partial charge in [-0.25, -0.2) is 0 Å². The van der Waals surface area contributed by atoms with Crippen LogP contribution in [0.5, 0.6) is 0 Å². The molecule has 0 fully saturated rings. The summed E-state index contributed by atoms with van der Waals surface area (Å²) in [5.41, 5.74) is 12.5. The van der Waals surface area contributed by atoms with Crippen molar-refractivity contribution >= 4 is 36.4 Å². The summed E-state index contributed by atoms with van der Waals surface area (Å²) in [4.78, 5) is 12.8. The van der Waals surface area contributed by atoms with Crippen molar-refractivity contribution in [3.63, 3.8) is 0 Å². The summed E-state index contributed by atoms with van der Waals surface area (Å²) in [6.07, 6.45) is 3.83. The van der Waals surface area contributed by atoms with Gasteiger partial charge in [-0.1, -0.05) is 13.0 Å². The van der Waals surface area contributed by atoms with E-state index in [0.29, 0.717) is 0 Å². The van der Waals surface area contributed by atoms with Crippen molar-refractivity contribution in [1.82, 2.24) is 15.1 Å². The van der Waals surface area contributed by atoms with Gasteiger partial charge in [0, 0.05) is 24.3 Å². The molecule has 0 spiro atoms. The summed E-state index contributed by atoms with van der Waals surface area (Å²) in [5, 5.41) is 7.70. The topological polar surface area (TPSA) is 72.9 Å². The predicted octanol–water partition coefficient (Wildman–Crippen LogP) is 3.84.